The van der Waals surface area contributed by atoms with Gasteiger partial charge in [-0.3, -0.25) is 19.4 Å². The lowest BCUT2D eigenvalue weighted by molar-refractivity contribution is -0.138. The van der Waals surface area contributed by atoms with Gasteiger partial charge in [0.1, 0.15) is 31.0 Å². The quantitative estimate of drug-likeness (QED) is 0.0926. The van der Waals surface area contributed by atoms with Gasteiger partial charge in [0.05, 0.1) is 10.7 Å². The zero-order valence-electron chi connectivity index (χ0n) is 22.3. The maximum Gasteiger partial charge on any atom is 0.407 e. The summed E-state index contributed by atoms with van der Waals surface area (Å²) in [6.45, 7) is 0.265. The summed E-state index contributed by atoms with van der Waals surface area (Å²) < 4.78 is 5.13. The van der Waals surface area contributed by atoms with E-state index < -0.39 is 35.9 Å². The highest BCUT2D eigenvalue weighted by molar-refractivity contribution is 6.33. The Morgan fingerprint density at radius 3 is 2.61 bits per heavy atom. The first-order chi connectivity index (χ1) is 19.6. The van der Waals surface area contributed by atoms with Crippen molar-refractivity contribution in [2.75, 3.05) is 25.0 Å². The maximum atomic E-state index is 13.3. The number of amides is 4. The molecule has 4 amide bonds. The second-order valence-electron chi connectivity index (χ2n) is 9.32. The lowest BCUT2D eigenvalue weighted by atomic mass is 10.1. The molecule has 1 saturated heterocycles. The van der Waals surface area contributed by atoms with Crippen molar-refractivity contribution in [3.63, 3.8) is 0 Å². The summed E-state index contributed by atoms with van der Waals surface area (Å²) in [6.07, 6.45) is 0.781. The normalized spacial score (nSPS) is 15.0. The minimum absolute atomic E-state index is 0.0532. The van der Waals surface area contributed by atoms with Gasteiger partial charge in [-0.2, -0.15) is 0 Å². The molecule has 0 saturated carbocycles. The van der Waals surface area contributed by atoms with E-state index in [2.05, 4.69) is 20.9 Å². The molecule has 0 spiro atoms. The van der Waals surface area contributed by atoms with E-state index in [1.165, 1.54) is 23.1 Å². The minimum atomic E-state index is -0.995. The molecule has 14 heteroatoms. The Balaban J connectivity index is 1.58. The van der Waals surface area contributed by atoms with Crippen molar-refractivity contribution in [3.05, 3.63) is 59.1 Å². The molecule has 220 valence electrons. The average Bonchev–Trinajstić information content (AvgIpc) is 3.44. The minimum Gasteiger partial charge on any atom is -0.508 e. The number of benzene rings is 2. The largest absolute Gasteiger partial charge is 0.508 e. The number of rotatable bonds is 12. The van der Waals surface area contributed by atoms with Gasteiger partial charge in [0, 0.05) is 19.2 Å². The average molecular weight is 588 g/mol. The fraction of sp³-hybridized carbons (Fsp3) is 0.370. The molecule has 0 radical (unpaired) electrons. The van der Waals surface area contributed by atoms with Crippen molar-refractivity contribution in [3.8, 4) is 5.75 Å². The van der Waals surface area contributed by atoms with Crippen molar-refractivity contribution in [1.82, 2.24) is 15.5 Å². The summed E-state index contributed by atoms with van der Waals surface area (Å²) in [7, 11) is 0. The maximum absolute atomic E-state index is 13.3. The predicted octanol–water partition coefficient (Wildman–Crippen LogP) is 1.44. The highest BCUT2D eigenvalue weighted by Crippen LogP contribution is 2.26. The third kappa shape index (κ3) is 9.87. The van der Waals surface area contributed by atoms with Crippen molar-refractivity contribution in [1.29, 1.82) is 0 Å². The van der Waals surface area contributed by atoms with Crippen LogP contribution >= 0.6 is 11.6 Å². The van der Waals surface area contributed by atoms with Crippen molar-refractivity contribution >= 4 is 47.1 Å². The monoisotopic (exact) mass is 587 g/mol. The second-order valence-corrected chi connectivity index (χ2v) is 9.73. The van der Waals surface area contributed by atoms with Crippen molar-refractivity contribution in [2.24, 2.45) is 16.5 Å². The number of likely N-dealkylation sites (tertiary alicyclic amines) is 1. The molecule has 2 aromatic carbocycles. The number of anilines is 1. The Morgan fingerprint density at radius 1 is 1.15 bits per heavy atom. The topological polar surface area (TPSA) is 201 Å². The van der Waals surface area contributed by atoms with Crippen LogP contribution in [0.4, 0.5) is 10.5 Å². The number of phenols is 1. The van der Waals surface area contributed by atoms with Crippen molar-refractivity contribution in [2.45, 2.75) is 44.4 Å². The molecule has 1 fully saturated rings. The highest BCUT2D eigenvalue weighted by atomic mass is 35.5. The Kier molecular flexibility index (Phi) is 11.6. The summed E-state index contributed by atoms with van der Waals surface area (Å²) in [5.41, 5.74) is 11.8. The van der Waals surface area contributed by atoms with E-state index in [0.717, 1.165) is 5.56 Å². The van der Waals surface area contributed by atoms with E-state index in [4.69, 9.17) is 27.8 Å². The molecule has 2 atom stereocenters. The number of aliphatic imine (C=N–C) groups is 1. The zero-order chi connectivity index (χ0) is 29.8. The summed E-state index contributed by atoms with van der Waals surface area (Å²) in [6, 6.07) is 11.3. The Bertz CT molecular complexity index is 1260. The van der Waals surface area contributed by atoms with E-state index in [1.807, 2.05) is 18.2 Å². The van der Waals surface area contributed by atoms with Gasteiger partial charge < -0.3 is 42.2 Å². The SMILES string of the molecule is NC(N)=NCCC[C@H](NC(=O)[C@@H]1CCCN1C(=O)CNC(=O)OCc1ccccc1)C(=O)Nc1ccc(O)cc1Cl. The van der Waals surface area contributed by atoms with Crippen LogP contribution in [-0.2, 0) is 25.7 Å². The number of phenolic OH excluding ortho intramolecular Hbond substituents is 1. The van der Waals surface area contributed by atoms with Crippen LogP contribution in [0.2, 0.25) is 5.02 Å². The number of guanidine groups is 1. The first-order valence-corrected chi connectivity index (χ1v) is 13.4. The van der Waals surface area contributed by atoms with Crippen LogP contribution in [0.25, 0.3) is 0 Å². The Labute approximate surface area is 242 Å². The summed E-state index contributed by atoms with van der Waals surface area (Å²) in [4.78, 5) is 56.6. The summed E-state index contributed by atoms with van der Waals surface area (Å²) in [5.74, 6) is -1.68. The molecule has 3 rings (SSSR count). The molecule has 0 bridgehead atoms. The number of nitrogens with one attached hydrogen (secondary N) is 3. The molecule has 1 heterocycles. The zero-order valence-corrected chi connectivity index (χ0v) is 23.1. The van der Waals surface area contributed by atoms with Crippen LogP contribution in [-0.4, -0.2) is 71.5 Å². The molecule has 13 nitrogen and oxygen atoms in total. The van der Waals surface area contributed by atoms with E-state index in [0.29, 0.717) is 25.8 Å². The first-order valence-electron chi connectivity index (χ1n) is 13.0. The lowest BCUT2D eigenvalue weighted by Crippen LogP contribution is -2.53. The molecule has 2 aromatic rings. The number of nitrogens with two attached hydrogens (primary N) is 2. The molecular formula is C27H34ClN7O6. The smallest absolute Gasteiger partial charge is 0.407 e. The number of aromatic hydroxyl groups is 1. The second kappa shape index (κ2) is 15.3. The Morgan fingerprint density at radius 2 is 1.90 bits per heavy atom. The van der Waals surface area contributed by atoms with Crippen LogP contribution < -0.4 is 27.4 Å². The van der Waals surface area contributed by atoms with Gasteiger partial charge in [-0.1, -0.05) is 41.9 Å². The molecule has 1 aliphatic rings. The number of ether oxygens (including phenoxy) is 1. The first kappa shape index (κ1) is 31.0. The number of carbonyl (C=O) groups excluding carboxylic acids is 4. The predicted molar refractivity (Wildman–Crippen MR) is 153 cm³/mol. The van der Waals surface area contributed by atoms with Gasteiger partial charge in [-0.15, -0.1) is 0 Å². The number of halogens is 1. The summed E-state index contributed by atoms with van der Waals surface area (Å²) in [5, 5.41) is 17.5. The highest BCUT2D eigenvalue weighted by Gasteiger charge is 2.36. The van der Waals surface area contributed by atoms with Gasteiger partial charge >= 0.3 is 6.09 Å². The van der Waals surface area contributed by atoms with Gasteiger partial charge in [-0.05, 0) is 43.4 Å². The van der Waals surface area contributed by atoms with Crippen molar-refractivity contribution < 1.29 is 29.0 Å². The number of nitrogens with zero attached hydrogens (tertiary/aromatic N) is 2. The molecule has 0 aromatic heterocycles. The van der Waals surface area contributed by atoms with Crippen LogP contribution in [0.1, 0.15) is 31.2 Å². The van der Waals surface area contributed by atoms with Crippen LogP contribution in [0, 0.1) is 0 Å². The lowest BCUT2D eigenvalue weighted by Gasteiger charge is -2.26. The Hall–Kier alpha value is -4.52. The number of hydrogen-bond donors (Lipinski definition) is 6. The van der Waals surface area contributed by atoms with E-state index in [-0.39, 0.29) is 48.5 Å². The van der Waals surface area contributed by atoms with Gasteiger partial charge in [0.2, 0.25) is 17.7 Å². The molecule has 1 aliphatic heterocycles. The number of alkyl carbamates (subject to hydrolysis) is 1. The van der Waals surface area contributed by atoms with E-state index >= 15 is 0 Å². The fourth-order valence-electron chi connectivity index (χ4n) is 4.23. The van der Waals surface area contributed by atoms with Gasteiger partial charge in [0.15, 0.2) is 5.96 Å². The molecule has 0 unspecified atom stereocenters. The molecular weight excluding hydrogens is 554 g/mol. The number of hydrogen-bond acceptors (Lipinski definition) is 7. The fourth-order valence-corrected chi connectivity index (χ4v) is 4.45. The standard InChI is InChI=1S/C27H34ClN7O6/c28-19-14-18(36)10-11-20(19)33-24(38)21(8-4-12-31-26(29)30)34-25(39)22-9-5-13-35(22)23(37)15-32-27(40)41-16-17-6-2-1-3-7-17/h1-3,6-7,10-11,14,21-22,36H,4-5,8-9,12-13,15-16H2,(H,32,40)(H,33,38)(H,34,39)(H4,29,30,31)/t21-,22-/m0/s1. The third-order valence-corrected chi connectivity index (χ3v) is 6.57. The molecule has 8 N–H and O–H groups in total. The number of carbonyl (C=O) groups is 4. The summed E-state index contributed by atoms with van der Waals surface area (Å²) >= 11 is 6.12. The van der Waals surface area contributed by atoms with E-state index in [1.54, 1.807) is 12.1 Å². The van der Waals surface area contributed by atoms with Gasteiger partial charge in [0.25, 0.3) is 0 Å². The van der Waals surface area contributed by atoms with Gasteiger partial charge in [-0.25, -0.2) is 4.79 Å². The van der Waals surface area contributed by atoms with Crippen LogP contribution in [0.15, 0.2) is 53.5 Å². The third-order valence-electron chi connectivity index (χ3n) is 6.26. The molecule has 0 aliphatic carbocycles. The molecule has 41 heavy (non-hydrogen) atoms. The van der Waals surface area contributed by atoms with Crippen LogP contribution in [0.3, 0.4) is 0 Å². The van der Waals surface area contributed by atoms with E-state index in [9.17, 15) is 24.3 Å². The van der Waals surface area contributed by atoms with Crippen LogP contribution in [0.5, 0.6) is 5.75 Å².